The van der Waals surface area contributed by atoms with Gasteiger partial charge < -0.3 is 19.8 Å². The number of fused-ring (bicyclic) bond motifs is 1. The van der Waals surface area contributed by atoms with E-state index in [9.17, 15) is 13.2 Å². The maximum Gasteiger partial charge on any atom is 0.393 e. The lowest BCUT2D eigenvalue weighted by atomic mass is 9.89. The van der Waals surface area contributed by atoms with Gasteiger partial charge in [0.15, 0.2) is 11.5 Å². The summed E-state index contributed by atoms with van der Waals surface area (Å²) in [6.07, 6.45) is -3.32. The van der Waals surface area contributed by atoms with Crippen LogP contribution in [0.5, 0.6) is 11.5 Å². The Labute approximate surface area is 173 Å². The van der Waals surface area contributed by atoms with Crippen LogP contribution < -0.4 is 14.8 Å². The Morgan fingerprint density at radius 2 is 1.70 bits per heavy atom. The zero-order valence-corrected chi connectivity index (χ0v) is 17.0. The molecule has 0 aliphatic carbocycles. The molecule has 2 aromatic carbocycles. The summed E-state index contributed by atoms with van der Waals surface area (Å²) in [5.74, 6) is 1.37. The molecule has 0 amide bonds. The van der Waals surface area contributed by atoms with Gasteiger partial charge in [-0.25, -0.2) is 0 Å². The van der Waals surface area contributed by atoms with Crippen molar-refractivity contribution < 1.29 is 22.6 Å². The van der Waals surface area contributed by atoms with Crippen molar-refractivity contribution in [3.8, 4) is 22.8 Å². The summed E-state index contributed by atoms with van der Waals surface area (Å²) >= 11 is 0. The highest BCUT2D eigenvalue weighted by Crippen LogP contribution is 2.39. The van der Waals surface area contributed by atoms with Crippen molar-refractivity contribution in [2.45, 2.75) is 31.4 Å². The first kappa shape index (κ1) is 20.6. The molecular formula is C23H25F3N2O2. The maximum absolute atomic E-state index is 13.5. The lowest BCUT2D eigenvalue weighted by molar-refractivity contribution is -0.126. The van der Waals surface area contributed by atoms with Crippen LogP contribution in [0.2, 0.25) is 0 Å². The average molecular weight is 418 g/mol. The molecule has 2 heterocycles. The van der Waals surface area contributed by atoms with Crippen LogP contribution in [0.3, 0.4) is 0 Å². The number of piperidine rings is 1. The van der Waals surface area contributed by atoms with E-state index in [1.807, 2.05) is 18.2 Å². The van der Waals surface area contributed by atoms with Gasteiger partial charge in [0.25, 0.3) is 0 Å². The normalized spacial score (nSPS) is 15.5. The molecule has 7 heteroatoms. The summed E-state index contributed by atoms with van der Waals surface area (Å²) in [6, 6.07) is 11.0. The number of alkyl halides is 3. The van der Waals surface area contributed by atoms with Gasteiger partial charge in [0.1, 0.15) is 0 Å². The first-order valence-corrected chi connectivity index (χ1v) is 10.0. The average Bonchev–Trinajstić information content (AvgIpc) is 3.10. The Kier molecular flexibility index (Phi) is 5.64. The van der Waals surface area contributed by atoms with Gasteiger partial charge in [-0.05, 0) is 73.3 Å². The summed E-state index contributed by atoms with van der Waals surface area (Å²) in [4.78, 5) is 3.21. The molecule has 0 saturated carbocycles. The van der Waals surface area contributed by atoms with Crippen LogP contribution in [0.4, 0.5) is 13.2 Å². The third kappa shape index (κ3) is 4.12. The predicted octanol–water partition coefficient (Wildman–Crippen LogP) is 5.42. The Balaban J connectivity index is 1.85. The van der Waals surface area contributed by atoms with Gasteiger partial charge in [-0.3, -0.25) is 0 Å². The number of H-pyrrole nitrogens is 1. The van der Waals surface area contributed by atoms with Crippen LogP contribution >= 0.6 is 0 Å². The van der Waals surface area contributed by atoms with Crippen molar-refractivity contribution in [1.29, 1.82) is 0 Å². The van der Waals surface area contributed by atoms with Gasteiger partial charge in [-0.15, -0.1) is 0 Å². The van der Waals surface area contributed by atoms with E-state index in [1.165, 1.54) is 14.2 Å². The molecule has 1 saturated heterocycles. The number of halogens is 3. The minimum atomic E-state index is -4.31. The Morgan fingerprint density at radius 1 is 0.967 bits per heavy atom. The fourth-order valence-corrected chi connectivity index (χ4v) is 4.30. The van der Waals surface area contributed by atoms with Crippen LogP contribution in [0, 0.1) is 0 Å². The quantitative estimate of drug-likeness (QED) is 0.581. The number of hydrogen-bond acceptors (Lipinski definition) is 3. The van der Waals surface area contributed by atoms with E-state index in [1.54, 1.807) is 18.2 Å². The molecular weight excluding hydrogens is 393 g/mol. The van der Waals surface area contributed by atoms with Crippen LogP contribution in [-0.2, 0) is 6.42 Å². The molecule has 1 aliphatic rings. The van der Waals surface area contributed by atoms with E-state index < -0.39 is 12.6 Å². The second kappa shape index (κ2) is 8.22. The first-order valence-electron chi connectivity index (χ1n) is 10.0. The summed E-state index contributed by atoms with van der Waals surface area (Å²) in [5, 5.41) is 3.97. The molecule has 1 aromatic heterocycles. The van der Waals surface area contributed by atoms with Crippen LogP contribution in [-0.4, -0.2) is 38.5 Å². The second-order valence-corrected chi connectivity index (χ2v) is 7.67. The summed E-state index contributed by atoms with van der Waals surface area (Å²) in [5.41, 5.74) is 3.17. The van der Waals surface area contributed by atoms with Gasteiger partial charge >= 0.3 is 6.18 Å². The molecule has 0 radical (unpaired) electrons. The standard InChI is InChI=1S/C23H25F3N2O2/c1-29-20-6-4-16(12-21(20)30-2)22-18(13-23(24,25)26)17-11-15(3-5-19(17)28-22)14-7-9-27-10-8-14/h3-6,11-12,14,27-28H,7-10,13H2,1-2H3. The van der Waals surface area contributed by atoms with Gasteiger partial charge in [0, 0.05) is 16.5 Å². The van der Waals surface area contributed by atoms with E-state index in [-0.39, 0.29) is 5.56 Å². The molecule has 2 N–H and O–H groups in total. The third-order valence-corrected chi connectivity index (χ3v) is 5.79. The number of nitrogens with one attached hydrogen (secondary N) is 2. The van der Waals surface area contributed by atoms with Crippen molar-refractivity contribution in [1.82, 2.24) is 10.3 Å². The SMILES string of the molecule is COc1ccc(-c2[nH]c3ccc(C4CCNCC4)cc3c2CC(F)(F)F)cc1OC. The molecule has 0 atom stereocenters. The van der Waals surface area contributed by atoms with Gasteiger partial charge in [-0.2, -0.15) is 13.2 Å². The monoisotopic (exact) mass is 418 g/mol. The van der Waals surface area contributed by atoms with E-state index in [0.717, 1.165) is 31.5 Å². The second-order valence-electron chi connectivity index (χ2n) is 7.67. The summed E-state index contributed by atoms with van der Waals surface area (Å²) in [7, 11) is 3.03. The zero-order chi connectivity index (χ0) is 21.3. The summed E-state index contributed by atoms with van der Waals surface area (Å²) in [6.45, 7) is 1.87. The lowest BCUT2D eigenvalue weighted by Crippen LogP contribution is -2.26. The predicted molar refractivity (Wildman–Crippen MR) is 111 cm³/mol. The molecule has 30 heavy (non-hydrogen) atoms. The molecule has 1 aliphatic heterocycles. The number of hydrogen-bond donors (Lipinski definition) is 2. The Morgan fingerprint density at radius 3 is 2.37 bits per heavy atom. The largest absolute Gasteiger partial charge is 0.493 e. The topological polar surface area (TPSA) is 46.3 Å². The number of aromatic amines is 1. The Hall–Kier alpha value is -2.67. The Bertz CT molecular complexity index is 1040. The number of ether oxygens (including phenoxy) is 2. The molecule has 4 nitrogen and oxygen atoms in total. The molecule has 1 fully saturated rings. The van der Waals surface area contributed by atoms with Crippen molar-refractivity contribution >= 4 is 10.9 Å². The third-order valence-electron chi connectivity index (χ3n) is 5.79. The highest BCUT2D eigenvalue weighted by Gasteiger charge is 2.31. The summed E-state index contributed by atoms with van der Waals surface area (Å²) < 4.78 is 51.1. The minimum Gasteiger partial charge on any atom is -0.493 e. The van der Waals surface area contributed by atoms with Crippen molar-refractivity contribution in [2.75, 3.05) is 27.3 Å². The minimum absolute atomic E-state index is 0.264. The molecule has 160 valence electrons. The smallest absolute Gasteiger partial charge is 0.393 e. The van der Waals surface area contributed by atoms with E-state index in [4.69, 9.17) is 9.47 Å². The van der Waals surface area contributed by atoms with Crippen LogP contribution in [0.15, 0.2) is 36.4 Å². The van der Waals surface area contributed by atoms with E-state index in [0.29, 0.717) is 39.6 Å². The lowest BCUT2D eigenvalue weighted by Gasteiger charge is -2.23. The molecule has 0 bridgehead atoms. The van der Waals surface area contributed by atoms with Crippen LogP contribution in [0.1, 0.15) is 29.9 Å². The fraction of sp³-hybridized carbons (Fsp3) is 0.391. The molecule has 0 unspecified atom stereocenters. The highest BCUT2D eigenvalue weighted by atomic mass is 19.4. The number of methoxy groups -OCH3 is 2. The van der Waals surface area contributed by atoms with E-state index in [2.05, 4.69) is 10.3 Å². The van der Waals surface area contributed by atoms with Crippen molar-refractivity contribution in [3.63, 3.8) is 0 Å². The molecule has 3 aromatic rings. The highest BCUT2D eigenvalue weighted by molar-refractivity contribution is 5.91. The van der Waals surface area contributed by atoms with E-state index >= 15 is 0 Å². The molecule has 0 spiro atoms. The number of rotatable bonds is 5. The van der Waals surface area contributed by atoms with Crippen molar-refractivity contribution in [2.24, 2.45) is 0 Å². The van der Waals surface area contributed by atoms with Gasteiger partial charge in [-0.1, -0.05) is 6.07 Å². The van der Waals surface area contributed by atoms with Crippen LogP contribution in [0.25, 0.3) is 22.2 Å². The zero-order valence-electron chi connectivity index (χ0n) is 17.0. The number of aromatic nitrogens is 1. The number of benzene rings is 2. The molecule has 4 rings (SSSR count). The fourth-order valence-electron chi connectivity index (χ4n) is 4.30. The van der Waals surface area contributed by atoms with Gasteiger partial charge in [0.05, 0.1) is 26.3 Å². The van der Waals surface area contributed by atoms with Crippen molar-refractivity contribution in [3.05, 3.63) is 47.5 Å². The first-order chi connectivity index (χ1) is 14.4. The maximum atomic E-state index is 13.5. The van der Waals surface area contributed by atoms with Gasteiger partial charge in [0.2, 0.25) is 0 Å².